The lowest BCUT2D eigenvalue weighted by Gasteiger charge is -2.01. The summed E-state index contributed by atoms with van der Waals surface area (Å²) in [6.07, 6.45) is 0. The van der Waals surface area contributed by atoms with Crippen LogP contribution in [0.1, 0.15) is 16.1 Å². The van der Waals surface area contributed by atoms with E-state index in [-0.39, 0.29) is 5.78 Å². The number of rotatable bonds is 1. The Morgan fingerprint density at radius 2 is 1.40 bits per heavy atom. The quantitative estimate of drug-likeness (QED) is 0.527. The van der Waals surface area contributed by atoms with Crippen molar-refractivity contribution in [2.45, 2.75) is 0 Å². The number of hydrogen-bond acceptors (Lipinski definition) is 4. The number of hydrogen-bond donors (Lipinski definition) is 0. The standard InChI is InChI=1S/C16H9N3O/c20-15-12-9-5-4-8-11(12)13-14(15)17-16(19-18-13)10-6-2-1-3-7-10/h1-9H. The summed E-state index contributed by atoms with van der Waals surface area (Å²) in [6, 6.07) is 16.9. The zero-order chi connectivity index (χ0) is 13.5. The Labute approximate surface area is 115 Å². The smallest absolute Gasteiger partial charge is 0.214 e. The van der Waals surface area contributed by atoms with Crippen LogP contribution in [0.5, 0.6) is 0 Å². The maximum atomic E-state index is 12.3. The summed E-state index contributed by atoms with van der Waals surface area (Å²) in [5.41, 5.74) is 3.28. The van der Waals surface area contributed by atoms with E-state index in [0.29, 0.717) is 22.8 Å². The predicted octanol–water partition coefficient (Wildman–Crippen LogP) is 2.75. The Kier molecular flexibility index (Phi) is 2.23. The fourth-order valence-electron chi connectivity index (χ4n) is 2.39. The number of aromatic nitrogens is 3. The highest BCUT2D eigenvalue weighted by Gasteiger charge is 2.30. The molecule has 1 aromatic heterocycles. The molecule has 0 radical (unpaired) electrons. The van der Waals surface area contributed by atoms with E-state index in [0.717, 1.165) is 11.1 Å². The number of nitrogens with zero attached hydrogens (tertiary/aromatic N) is 3. The van der Waals surface area contributed by atoms with Crippen molar-refractivity contribution in [2.75, 3.05) is 0 Å². The Morgan fingerprint density at radius 1 is 0.700 bits per heavy atom. The van der Waals surface area contributed by atoms with Crippen LogP contribution in [-0.2, 0) is 0 Å². The minimum atomic E-state index is -0.0809. The second-order valence-corrected chi connectivity index (χ2v) is 4.57. The Bertz CT molecular complexity index is 828. The van der Waals surface area contributed by atoms with Crippen molar-refractivity contribution < 1.29 is 4.79 Å². The molecule has 0 N–H and O–H groups in total. The molecule has 4 nitrogen and oxygen atoms in total. The molecule has 2 aromatic carbocycles. The summed E-state index contributed by atoms with van der Waals surface area (Å²) in [7, 11) is 0. The van der Waals surface area contributed by atoms with Gasteiger partial charge in [0, 0.05) is 16.7 Å². The molecular formula is C16H9N3O. The Hall–Kier alpha value is -2.88. The molecule has 1 aliphatic rings. The van der Waals surface area contributed by atoms with E-state index in [1.807, 2.05) is 48.5 Å². The largest absolute Gasteiger partial charge is 0.287 e. The molecule has 0 atom stereocenters. The van der Waals surface area contributed by atoms with Crippen molar-refractivity contribution in [3.63, 3.8) is 0 Å². The summed E-state index contributed by atoms with van der Waals surface area (Å²) in [6.45, 7) is 0. The Morgan fingerprint density at radius 3 is 2.20 bits per heavy atom. The van der Waals surface area contributed by atoms with Gasteiger partial charge in [0.1, 0.15) is 11.4 Å². The second kappa shape index (κ2) is 4.06. The minimum absolute atomic E-state index is 0.0809. The first-order valence-corrected chi connectivity index (χ1v) is 6.29. The van der Waals surface area contributed by atoms with Crippen LogP contribution in [0.4, 0.5) is 0 Å². The van der Waals surface area contributed by atoms with Crippen LogP contribution >= 0.6 is 0 Å². The third-order valence-corrected chi connectivity index (χ3v) is 3.36. The zero-order valence-electron chi connectivity index (χ0n) is 10.4. The van der Waals surface area contributed by atoms with Gasteiger partial charge in [-0.25, -0.2) is 4.98 Å². The van der Waals surface area contributed by atoms with E-state index in [2.05, 4.69) is 15.2 Å². The first kappa shape index (κ1) is 11.0. The summed E-state index contributed by atoms with van der Waals surface area (Å²) in [4.78, 5) is 16.7. The summed E-state index contributed by atoms with van der Waals surface area (Å²) in [5.74, 6) is 0.396. The van der Waals surface area contributed by atoms with Gasteiger partial charge in [0.15, 0.2) is 5.82 Å². The van der Waals surface area contributed by atoms with E-state index in [1.165, 1.54) is 0 Å². The SMILES string of the molecule is O=C1c2ccccc2-c2nnc(-c3ccccc3)nc21. The number of carbonyl (C=O) groups is 1. The maximum absolute atomic E-state index is 12.3. The molecule has 0 saturated carbocycles. The molecule has 1 heterocycles. The van der Waals surface area contributed by atoms with E-state index in [1.54, 1.807) is 6.07 Å². The molecule has 4 heteroatoms. The molecule has 94 valence electrons. The first-order chi connectivity index (χ1) is 9.84. The third-order valence-electron chi connectivity index (χ3n) is 3.36. The van der Waals surface area contributed by atoms with Gasteiger partial charge in [-0.15, -0.1) is 10.2 Å². The highest BCUT2D eigenvalue weighted by molar-refractivity contribution is 6.19. The molecule has 0 fully saturated rings. The van der Waals surface area contributed by atoms with Gasteiger partial charge in [-0.1, -0.05) is 54.6 Å². The van der Waals surface area contributed by atoms with Crippen molar-refractivity contribution in [3.8, 4) is 22.6 Å². The van der Waals surface area contributed by atoms with Crippen LogP contribution < -0.4 is 0 Å². The van der Waals surface area contributed by atoms with Crippen LogP contribution in [-0.4, -0.2) is 21.0 Å². The van der Waals surface area contributed by atoms with E-state index in [4.69, 9.17) is 0 Å². The molecule has 0 aliphatic heterocycles. The fraction of sp³-hybridized carbons (Fsp3) is 0. The van der Waals surface area contributed by atoms with Gasteiger partial charge in [-0.05, 0) is 0 Å². The molecule has 3 aromatic rings. The normalized spacial score (nSPS) is 12.1. The van der Waals surface area contributed by atoms with E-state index < -0.39 is 0 Å². The lowest BCUT2D eigenvalue weighted by Crippen LogP contribution is -2.03. The lowest BCUT2D eigenvalue weighted by atomic mass is 10.1. The zero-order valence-corrected chi connectivity index (χ0v) is 10.4. The number of ketones is 1. The maximum Gasteiger partial charge on any atom is 0.214 e. The third kappa shape index (κ3) is 1.48. The topological polar surface area (TPSA) is 55.7 Å². The molecule has 0 bridgehead atoms. The van der Waals surface area contributed by atoms with Crippen LogP contribution in [0.3, 0.4) is 0 Å². The number of benzene rings is 2. The van der Waals surface area contributed by atoms with Crippen LogP contribution in [0, 0.1) is 0 Å². The number of carbonyl (C=O) groups excluding carboxylic acids is 1. The predicted molar refractivity (Wildman–Crippen MR) is 74.1 cm³/mol. The van der Waals surface area contributed by atoms with Crippen LogP contribution in [0.15, 0.2) is 54.6 Å². The summed E-state index contributed by atoms with van der Waals surface area (Å²) >= 11 is 0. The summed E-state index contributed by atoms with van der Waals surface area (Å²) in [5, 5.41) is 8.33. The van der Waals surface area contributed by atoms with Gasteiger partial charge in [-0.3, -0.25) is 4.79 Å². The van der Waals surface area contributed by atoms with Gasteiger partial charge in [0.2, 0.25) is 5.78 Å². The van der Waals surface area contributed by atoms with Gasteiger partial charge in [0.05, 0.1) is 0 Å². The monoisotopic (exact) mass is 259 g/mol. The average Bonchev–Trinajstić information content (AvgIpc) is 2.81. The molecule has 0 amide bonds. The minimum Gasteiger partial charge on any atom is -0.287 e. The lowest BCUT2D eigenvalue weighted by molar-refractivity contribution is 0.103. The van der Waals surface area contributed by atoms with E-state index in [9.17, 15) is 4.79 Å². The summed E-state index contributed by atoms with van der Waals surface area (Å²) < 4.78 is 0. The molecule has 20 heavy (non-hydrogen) atoms. The Balaban J connectivity index is 1.91. The van der Waals surface area contributed by atoms with Crippen LogP contribution in [0.2, 0.25) is 0 Å². The van der Waals surface area contributed by atoms with Gasteiger partial charge in [0.25, 0.3) is 0 Å². The van der Waals surface area contributed by atoms with E-state index >= 15 is 0 Å². The first-order valence-electron chi connectivity index (χ1n) is 6.29. The van der Waals surface area contributed by atoms with Crippen molar-refractivity contribution in [1.29, 1.82) is 0 Å². The molecule has 0 spiro atoms. The average molecular weight is 259 g/mol. The molecule has 4 rings (SSSR count). The van der Waals surface area contributed by atoms with Gasteiger partial charge >= 0.3 is 0 Å². The molecule has 1 aliphatic carbocycles. The van der Waals surface area contributed by atoms with Crippen LogP contribution in [0.25, 0.3) is 22.6 Å². The van der Waals surface area contributed by atoms with Crippen molar-refractivity contribution >= 4 is 5.78 Å². The second-order valence-electron chi connectivity index (χ2n) is 4.57. The molecular weight excluding hydrogens is 250 g/mol. The van der Waals surface area contributed by atoms with Gasteiger partial charge in [-0.2, -0.15) is 0 Å². The highest BCUT2D eigenvalue weighted by atomic mass is 16.1. The van der Waals surface area contributed by atoms with Gasteiger partial charge < -0.3 is 0 Å². The van der Waals surface area contributed by atoms with Crippen molar-refractivity contribution in [3.05, 3.63) is 65.9 Å². The fourth-order valence-corrected chi connectivity index (χ4v) is 2.39. The molecule has 0 saturated heterocycles. The van der Waals surface area contributed by atoms with Crippen molar-refractivity contribution in [1.82, 2.24) is 15.2 Å². The molecule has 0 unspecified atom stereocenters. The highest BCUT2D eigenvalue weighted by Crippen LogP contribution is 2.33. The number of fused-ring (bicyclic) bond motifs is 3. The van der Waals surface area contributed by atoms with Crippen molar-refractivity contribution in [2.24, 2.45) is 0 Å².